The van der Waals surface area contributed by atoms with Crippen molar-refractivity contribution < 1.29 is 36.3 Å². The topological polar surface area (TPSA) is 113 Å². The third-order valence-corrected chi connectivity index (χ3v) is 8.85. The molecule has 0 radical (unpaired) electrons. The first-order valence-electron chi connectivity index (χ1n) is 11.2. The molecule has 0 unspecified atom stereocenters. The number of rotatable bonds is 6. The molecule has 2 aliphatic rings. The van der Waals surface area contributed by atoms with Gasteiger partial charge in [0.15, 0.2) is 0 Å². The minimum atomic E-state index is -5.08. The number of hydrogen-bond donors (Lipinski definition) is 3. The standard InChI is InChI=1S/C21H26N2O3S2.C2HF3O2/c24-20(22-17-6-3-1-2-4-7-17)21(13-14-21)16-9-11-18(12-10-16)23-28(25,26)19-8-5-15-27-19;3-2(4,5)1(6)7/h5,8-12,15,17,23H,1-4,6-7,13-14H2,(H,22,24);(H,6,7). The molecule has 35 heavy (non-hydrogen) atoms. The number of halogens is 3. The van der Waals surface area contributed by atoms with Crippen LogP contribution in [-0.2, 0) is 25.0 Å². The maximum atomic E-state index is 13.0. The number of amides is 1. The van der Waals surface area contributed by atoms with Crippen LogP contribution in [0.1, 0.15) is 56.9 Å². The molecular weight excluding hydrogens is 505 g/mol. The third kappa shape index (κ3) is 7.20. The van der Waals surface area contributed by atoms with Crippen molar-refractivity contribution in [1.29, 1.82) is 0 Å². The van der Waals surface area contributed by atoms with E-state index in [4.69, 9.17) is 9.90 Å². The van der Waals surface area contributed by atoms with Gasteiger partial charge in [0.05, 0.1) is 5.41 Å². The van der Waals surface area contributed by atoms with Crippen LogP contribution >= 0.6 is 11.3 Å². The zero-order chi connectivity index (χ0) is 25.7. The monoisotopic (exact) mass is 532 g/mol. The first-order valence-corrected chi connectivity index (χ1v) is 13.6. The fourth-order valence-electron chi connectivity index (χ4n) is 4.00. The molecule has 12 heteroatoms. The normalized spacial score (nSPS) is 17.9. The van der Waals surface area contributed by atoms with Gasteiger partial charge in [0.25, 0.3) is 10.0 Å². The second-order valence-corrected chi connectivity index (χ2v) is 11.5. The summed E-state index contributed by atoms with van der Waals surface area (Å²) >= 11 is 1.18. The highest BCUT2D eigenvalue weighted by Gasteiger charge is 2.51. The second-order valence-electron chi connectivity index (χ2n) is 8.66. The summed E-state index contributed by atoms with van der Waals surface area (Å²) in [5, 5.41) is 12.1. The smallest absolute Gasteiger partial charge is 0.475 e. The molecule has 4 rings (SSSR count). The molecule has 1 amide bonds. The first-order chi connectivity index (χ1) is 16.4. The van der Waals surface area contributed by atoms with Gasteiger partial charge >= 0.3 is 12.1 Å². The summed E-state index contributed by atoms with van der Waals surface area (Å²) in [6.45, 7) is 0. The number of carboxylic acids is 1. The maximum absolute atomic E-state index is 13.0. The molecule has 2 saturated carbocycles. The van der Waals surface area contributed by atoms with Gasteiger partial charge in [0, 0.05) is 11.7 Å². The zero-order valence-electron chi connectivity index (χ0n) is 18.8. The zero-order valence-corrected chi connectivity index (χ0v) is 20.4. The van der Waals surface area contributed by atoms with E-state index in [0.717, 1.165) is 31.2 Å². The molecular formula is C23H27F3N2O5S2. The second kappa shape index (κ2) is 11.0. The number of nitrogens with one attached hydrogen (secondary N) is 2. The number of hydrogen-bond acceptors (Lipinski definition) is 5. The molecule has 192 valence electrons. The van der Waals surface area contributed by atoms with Crippen LogP contribution in [0, 0.1) is 0 Å². The van der Waals surface area contributed by atoms with E-state index < -0.39 is 27.6 Å². The fourth-order valence-corrected chi connectivity index (χ4v) is 6.05. The maximum Gasteiger partial charge on any atom is 0.490 e. The van der Waals surface area contributed by atoms with Gasteiger partial charge in [-0.2, -0.15) is 13.2 Å². The van der Waals surface area contributed by atoms with E-state index in [1.165, 1.54) is 37.0 Å². The molecule has 0 bridgehead atoms. The Balaban J connectivity index is 0.000000429. The predicted octanol–water partition coefficient (Wildman–Crippen LogP) is 5.05. The van der Waals surface area contributed by atoms with Crippen molar-refractivity contribution in [2.45, 2.75) is 73.2 Å². The van der Waals surface area contributed by atoms with Crippen molar-refractivity contribution in [2.24, 2.45) is 0 Å². The number of carbonyl (C=O) groups is 2. The van der Waals surface area contributed by atoms with E-state index in [2.05, 4.69) is 10.0 Å². The highest BCUT2D eigenvalue weighted by atomic mass is 32.2. The molecule has 0 spiro atoms. The lowest BCUT2D eigenvalue weighted by Gasteiger charge is -2.22. The van der Waals surface area contributed by atoms with Crippen LogP contribution < -0.4 is 10.0 Å². The number of thiophene rings is 1. The summed E-state index contributed by atoms with van der Waals surface area (Å²) < 4.78 is 59.3. The van der Waals surface area contributed by atoms with Gasteiger partial charge in [-0.3, -0.25) is 9.52 Å². The van der Waals surface area contributed by atoms with Gasteiger partial charge in [-0.05, 0) is 54.8 Å². The molecule has 2 aliphatic carbocycles. The Bertz CT molecular complexity index is 1110. The summed E-state index contributed by atoms with van der Waals surface area (Å²) in [7, 11) is -3.55. The molecule has 2 aromatic rings. The molecule has 0 saturated heterocycles. The minimum Gasteiger partial charge on any atom is -0.475 e. The van der Waals surface area contributed by atoms with Crippen molar-refractivity contribution in [3.8, 4) is 0 Å². The Hall–Kier alpha value is -2.60. The van der Waals surface area contributed by atoms with Crippen LogP contribution in [0.15, 0.2) is 46.0 Å². The van der Waals surface area contributed by atoms with Crippen molar-refractivity contribution in [1.82, 2.24) is 5.32 Å². The number of alkyl halides is 3. The van der Waals surface area contributed by atoms with Crippen LogP contribution in [0.25, 0.3) is 0 Å². The molecule has 7 nitrogen and oxygen atoms in total. The highest BCUT2D eigenvalue weighted by molar-refractivity contribution is 7.94. The van der Waals surface area contributed by atoms with Crippen molar-refractivity contribution >= 4 is 38.9 Å². The first kappa shape index (κ1) is 27.0. The molecule has 1 heterocycles. The van der Waals surface area contributed by atoms with E-state index in [0.29, 0.717) is 11.7 Å². The quantitative estimate of drug-likeness (QED) is 0.451. The van der Waals surface area contributed by atoms with Crippen molar-refractivity contribution in [3.63, 3.8) is 0 Å². The lowest BCUT2D eigenvalue weighted by atomic mass is 9.94. The summed E-state index contributed by atoms with van der Waals surface area (Å²) in [5.74, 6) is -2.63. The summed E-state index contributed by atoms with van der Waals surface area (Å²) in [6.07, 6.45) is 3.68. The van der Waals surface area contributed by atoms with Crippen LogP contribution in [0.5, 0.6) is 0 Å². The van der Waals surface area contributed by atoms with Crippen LogP contribution in [0.2, 0.25) is 0 Å². The van der Waals surface area contributed by atoms with Crippen molar-refractivity contribution in [3.05, 3.63) is 47.3 Å². The summed E-state index contributed by atoms with van der Waals surface area (Å²) in [5.41, 5.74) is 1.05. The Morgan fingerprint density at radius 3 is 2.03 bits per heavy atom. The minimum absolute atomic E-state index is 0.131. The molecule has 1 aromatic heterocycles. The Labute approximate surface area is 205 Å². The molecule has 3 N–H and O–H groups in total. The Morgan fingerprint density at radius 2 is 1.57 bits per heavy atom. The number of benzene rings is 1. The van der Waals surface area contributed by atoms with Gasteiger partial charge < -0.3 is 10.4 Å². The van der Waals surface area contributed by atoms with Gasteiger partial charge in [0.2, 0.25) is 5.91 Å². The number of anilines is 1. The van der Waals surface area contributed by atoms with Crippen LogP contribution in [-0.4, -0.2) is 37.6 Å². The van der Waals surface area contributed by atoms with Crippen molar-refractivity contribution in [2.75, 3.05) is 4.72 Å². The summed E-state index contributed by atoms with van der Waals surface area (Å²) in [6, 6.07) is 10.9. The molecule has 0 atom stereocenters. The Morgan fingerprint density at radius 1 is 1.00 bits per heavy atom. The van der Waals surface area contributed by atoms with Gasteiger partial charge in [-0.1, -0.05) is 43.9 Å². The summed E-state index contributed by atoms with van der Waals surface area (Å²) in [4.78, 5) is 21.9. The molecule has 0 aliphatic heterocycles. The van der Waals surface area contributed by atoms with Gasteiger partial charge in [-0.25, -0.2) is 13.2 Å². The van der Waals surface area contributed by atoms with Crippen LogP contribution in [0.4, 0.5) is 18.9 Å². The number of aliphatic carboxylic acids is 1. The van der Waals surface area contributed by atoms with Gasteiger partial charge in [0.1, 0.15) is 4.21 Å². The highest BCUT2D eigenvalue weighted by Crippen LogP contribution is 2.49. The van der Waals surface area contributed by atoms with E-state index in [-0.39, 0.29) is 10.1 Å². The number of carboxylic acid groups (broad SMARTS) is 1. The van der Waals surface area contributed by atoms with Gasteiger partial charge in [-0.15, -0.1) is 11.3 Å². The number of carbonyl (C=O) groups excluding carboxylic acids is 1. The van der Waals surface area contributed by atoms with E-state index >= 15 is 0 Å². The predicted molar refractivity (Wildman–Crippen MR) is 126 cm³/mol. The third-order valence-electron chi connectivity index (χ3n) is 6.07. The largest absolute Gasteiger partial charge is 0.490 e. The molecule has 1 aromatic carbocycles. The number of sulfonamides is 1. The van der Waals surface area contributed by atoms with E-state index in [1.54, 1.807) is 29.6 Å². The van der Waals surface area contributed by atoms with Crippen LogP contribution in [0.3, 0.4) is 0 Å². The van der Waals surface area contributed by atoms with E-state index in [9.17, 15) is 26.4 Å². The fraction of sp³-hybridized carbons (Fsp3) is 0.478. The molecule has 2 fully saturated rings. The lowest BCUT2D eigenvalue weighted by molar-refractivity contribution is -0.192. The average Bonchev–Trinajstić information content (AvgIpc) is 3.48. The SMILES string of the molecule is O=C(NC1CCCCCC1)C1(c2ccc(NS(=O)(=O)c3cccs3)cc2)CC1.O=C(O)C(F)(F)F. The van der Waals surface area contributed by atoms with E-state index in [1.807, 2.05) is 12.1 Å². The lowest BCUT2D eigenvalue weighted by Crippen LogP contribution is -2.41. The average molecular weight is 533 g/mol. The Kier molecular flexibility index (Phi) is 8.47.